The van der Waals surface area contributed by atoms with Crippen molar-refractivity contribution in [2.24, 2.45) is 0 Å². The van der Waals surface area contributed by atoms with Gasteiger partial charge in [-0.3, -0.25) is 14.4 Å². The minimum Gasteiger partial charge on any atom is -0.481 e. The predicted molar refractivity (Wildman–Crippen MR) is 85.3 cm³/mol. The number of carbonyl (C=O) groups is 3. The smallest absolute Gasteiger partial charge is 0.303 e. The number of rotatable bonds is 7. The molecule has 1 aliphatic rings. The third kappa shape index (κ3) is 5.39. The fraction of sp³-hybridized carbons (Fsp3) is 0.471. The van der Waals surface area contributed by atoms with Crippen LogP contribution in [0.3, 0.4) is 0 Å². The van der Waals surface area contributed by atoms with Crippen LogP contribution in [0.15, 0.2) is 24.3 Å². The third-order valence-electron chi connectivity index (χ3n) is 3.74. The van der Waals surface area contributed by atoms with Crippen LogP contribution >= 0.6 is 0 Å². The predicted octanol–water partition coefficient (Wildman–Crippen LogP) is 1.95. The summed E-state index contributed by atoms with van der Waals surface area (Å²) in [5.74, 6) is -1.30. The van der Waals surface area contributed by atoms with Gasteiger partial charge in [0, 0.05) is 29.1 Å². The van der Waals surface area contributed by atoms with Gasteiger partial charge in [-0.05, 0) is 57.4 Å². The van der Waals surface area contributed by atoms with Gasteiger partial charge in [-0.25, -0.2) is 0 Å². The van der Waals surface area contributed by atoms with E-state index in [1.165, 1.54) is 0 Å². The van der Waals surface area contributed by atoms with Gasteiger partial charge in [0.05, 0.1) is 0 Å². The maximum Gasteiger partial charge on any atom is 0.303 e. The van der Waals surface area contributed by atoms with Crippen LogP contribution in [0.25, 0.3) is 0 Å². The van der Waals surface area contributed by atoms with E-state index in [1.54, 1.807) is 38.1 Å². The molecule has 1 fully saturated rings. The highest BCUT2D eigenvalue weighted by Gasteiger charge is 2.24. The largest absolute Gasteiger partial charge is 0.481 e. The zero-order valence-corrected chi connectivity index (χ0v) is 13.4. The Morgan fingerprint density at radius 2 is 1.61 bits per heavy atom. The van der Waals surface area contributed by atoms with E-state index in [1.807, 2.05) is 0 Å². The minimum absolute atomic E-state index is 0.00639. The molecule has 1 aromatic carbocycles. The molecular weight excluding hydrogens is 296 g/mol. The Hall–Kier alpha value is -2.37. The van der Waals surface area contributed by atoms with Crippen LogP contribution in [-0.4, -0.2) is 34.5 Å². The molecule has 0 unspecified atom stereocenters. The van der Waals surface area contributed by atoms with E-state index in [-0.39, 0.29) is 18.2 Å². The lowest BCUT2D eigenvalue weighted by molar-refractivity contribution is -0.137. The van der Waals surface area contributed by atoms with Crippen molar-refractivity contribution in [1.82, 2.24) is 10.6 Å². The SMILES string of the molecule is CC(C)(CCC(=O)O)NC(=O)c1ccc(C(=O)NC2CC2)cc1. The lowest BCUT2D eigenvalue weighted by Gasteiger charge is -2.25. The van der Waals surface area contributed by atoms with Crippen LogP contribution in [-0.2, 0) is 4.79 Å². The molecule has 0 aliphatic heterocycles. The van der Waals surface area contributed by atoms with Gasteiger partial charge in [-0.15, -0.1) is 0 Å². The Morgan fingerprint density at radius 3 is 2.09 bits per heavy atom. The Kier molecular flexibility index (Phi) is 5.03. The van der Waals surface area contributed by atoms with E-state index in [9.17, 15) is 14.4 Å². The summed E-state index contributed by atoms with van der Waals surface area (Å²) in [6.07, 6.45) is 2.39. The number of hydrogen-bond acceptors (Lipinski definition) is 3. The Balaban J connectivity index is 1.93. The lowest BCUT2D eigenvalue weighted by atomic mass is 9.97. The molecule has 0 radical (unpaired) electrons. The normalized spacial score (nSPS) is 14.2. The molecule has 23 heavy (non-hydrogen) atoms. The standard InChI is InChI=1S/C17H22N2O4/c1-17(2,10-9-14(20)21)19-16(23)12-5-3-11(4-6-12)15(22)18-13-7-8-13/h3-6,13H,7-10H2,1-2H3,(H,18,22)(H,19,23)(H,20,21). The summed E-state index contributed by atoms with van der Waals surface area (Å²) in [5.41, 5.74) is 0.354. The molecule has 0 spiro atoms. The van der Waals surface area contributed by atoms with Gasteiger partial charge in [-0.2, -0.15) is 0 Å². The zero-order chi connectivity index (χ0) is 17.0. The summed E-state index contributed by atoms with van der Waals surface area (Å²) < 4.78 is 0. The highest BCUT2D eigenvalue weighted by atomic mass is 16.4. The van der Waals surface area contributed by atoms with Crippen LogP contribution in [0, 0.1) is 0 Å². The van der Waals surface area contributed by atoms with Gasteiger partial charge in [-0.1, -0.05) is 0 Å². The van der Waals surface area contributed by atoms with E-state index in [2.05, 4.69) is 10.6 Å². The van der Waals surface area contributed by atoms with E-state index in [0.29, 0.717) is 23.6 Å². The van der Waals surface area contributed by atoms with E-state index in [4.69, 9.17) is 5.11 Å². The summed E-state index contributed by atoms with van der Waals surface area (Å²) in [4.78, 5) is 34.7. The second kappa shape index (κ2) is 6.81. The monoisotopic (exact) mass is 318 g/mol. The van der Waals surface area contributed by atoms with Gasteiger partial charge < -0.3 is 15.7 Å². The van der Waals surface area contributed by atoms with Gasteiger partial charge in [0.25, 0.3) is 11.8 Å². The Bertz CT molecular complexity index is 604. The van der Waals surface area contributed by atoms with Crippen molar-refractivity contribution in [1.29, 1.82) is 0 Å². The number of carboxylic acids is 1. The molecule has 2 amide bonds. The number of carboxylic acid groups (broad SMARTS) is 1. The fourth-order valence-electron chi connectivity index (χ4n) is 2.13. The van der Waals surface area contributed by atoms with Crippen LogP contribution in [0.5, 0.6) is 0 Å². The first-order chi connectivity index (χ1) is 10.8. The van der Waals surface area contributed by atoms with Gasteiger partial charge >= 0.3 is 5.97 Å². The molecule has 2 rings (SSSR count). The molecule has 0 bridgehead atoms. The Morgan fingerprint density at radius 1 is 1.09 bits per heavy atom. The molecule has 3 N–H and O–H groups in total. The Labute approximate surface area is 135 Å². The van der Waals surface area contributed by atoms with Crippen molar-refractivity contribution in [2.75, 3.05) is 0 Å². The first-order valence-electron chi connectivity index (χ1n) is 7.72. The average molecular weight is 318 g/mol. The highest BCUT2D eigenvalue weighted by Crippen LogP contribution is 2.19. The second-order valence-corrected chi connectivity index (χ2v) is 6.56. The van der Waals surface area contributed by atoms with Crippen LogP contribution in [0.1, 0.15) is 60.2 Å². The third-order valence-corrected chi connectivity index (χ3v) is 3.74. The molecule has 1 aromatic rings. The first-order valence-corrected chi connectivity index (χ1v) is 7.72. The molecular formula is C17H22N2O4. The molecule has 1 aliphatic carbocycles. The molecule has 0 heterocycles. The maximum atomic E-state index is 12.2. The fourth-order valence-corrected chi connectivity index (χ4v) is 2.13. The van der Waals surface area contributed by atoms with Crippen molar-refractivity contribution in [2.45, 2.75) is 51.1 Å². The van der Waals surface area contributed by atoms with E-state index in [0.717, 1.165) is 12.8 Å². The van der Waals surface area contributed by atoms with Crippen molar-refractivity contribution in [3.05, 3.63) is 35.4 Å². The topological polar surface area (TPSA) is 95.5 Å². The number of nitrogens with one attached hydrogen (secondary N) is 2. The summed E-state index contributed by atoms with van der Waals surface area (Å²) in [6, 6.07) is 6.74. The van der Waals surface area contributed by atoms with E-state index >= 15 is 0 Å². The van der Waals surface area contributed by atoms with Crippen LogP contribution in [0.2, 0.25) is 0 Å². The number of benzene rings is 1. The van der Waals surface area contributed by atoms with Gasteiger partial charge in [0.1, 0.15) is 0 Å². The highest BCUT2D eigenvalue weighted by molar-refractivity contribution is 5.98. The van der Waals surface area contributed by atoms with Crippen molar-refractivity contribution in [3.63, 3.8) is 0 Å². The van der Waals surface area contributed by atoms with Crippen molar-refractivity contribution < 1.29 is 19.5 Å². The minimum atomic E-state index is -0.890. The summed E-state index contributed by atoms with van der Waals surface area (Å²) >= 11 is 0. The number of hydrogen-bond donors (Lipinski definition) is 3. The molecule has 6 heteroatoms. The average Bonchev–Trinajstić information content (AvgIpc) is 3.29. The molecule has 6 nitrogen and oxygen atoms in total. The molecule has 1 saturated carbocycles. The van der Waals surface area contributed by atoms with Crippen molar-refractivity contribution >= 4 is 17.8 Å². The van der Waals surface area contributed by atoms with Crippen molar-refractivity contribution in [3.8, 4) is 0 Å². The van der Waals surface area contributed by atoms with E-state index < -0.39 is 11.5 Å². The number of aliphatic carboxylic acids is 1. The number of amides is 2. The zero-order valence-electron chi connectivity index (χ0n) is 13.4. The molecule has 0 aromatic heterocycles. The van der Waals surface area contributed by atoms with Crippen LogP contribution < -0.4 is 10.6 Å². The summed E-state index contributed by atoms with van der Waals surface area (Å²) in [5, 5.41) is 14.4. The van der Waals surface area contributed by atoms with Crippen LogP contribution in [0.4, 0.5) is 0 Å². The molecule has 0 atom stereocenters. The van der Waals surface area contributed by atoms with Gasteiger partial charge in [0.2, 0.25) is 0 Å². The molecule has 0 saturated heterocycles. The lowest BCUT2D eigenvalue weighted by Crippen LogP contribution is -2.43. The van der Waals surface area contributed by atoms with Gasteiger partial charge in [0.15, 0.2) is 0 Å². The molecule has 124 valence electrons. The maximum absolute atomic E-state index is 12.2. The first kappa shape index (κ1) is 17.0. The number of carbonyl (C=O) groups excluding carboxylic acids is 2. The summed E-state index contributed by atoms with van der Waals surface area (Å²) in [7, 11) is 0. The summed E-state index contributed by atoms with van der Waals surface area (Å²) in [6.45, 7) is 3.57. The quantitative estimate of drug-likeness (QED) is 0.716. The second-order valence-electron chi connectivity index (χ2n) is 6.56.